The van der Waals surface area contributed by atoms with Gasteiger partial charge in [-0.3, -0.25) is 4.79 Å². The van der Waals surface area contributed by atoms with Gasteiger partial charge in [0, 0.05) is 18.5 Å². The van der Waals surface area contributed by atoms with E-state index in [0.717, 1.165) is 10.9 Å². The molecule has 13 heavy (non-hydrogen) atoms. The van der Waals surface area contributed by atoms with E-state index in [1.54, 1.807) is 12.3 Å². The number of Topliss-reactive ketones (excluding diaryl/α,β-unsaturated/α-hetero) is 1. The first kappa shape index (κ1) is 8.26. The molecule has 0 aliphatic heterocycles. The van der Waals surface area contributed by atoms with Crippen LogP contribution >= 0.6 is 11.6 Å². The molecular weight excluding hydrogens is 188 g/mol. The first-order valence-electron chi connectivity index (χ1n) is 3.83. The van der Waals surface area contributed by atoms with Crippen molar-refractivity contribution in [1.82, 2.24) is 9.97 Å². The van der Waals surface area contributed by atoms with Crippen LogP contribution in [0.25, 0.3) is 10.9 Å². The summed E-state index contributed by atoms with van der Waals surface area (Å²) in [6.07, 6.45) is 1.76. The van der Waals surface area contributed by atoms with E-state index in [9.17, 15) is 4.79 Å². The molecular formula is C9H7ClN2O. The van der Waals surface area contributed by atoms with Gasteiger partial charge < -0.3 is 4.98 Å². The fraction of sp³-hybridized carbons (Fsp3) is 0.111. The van der Waals surface area contributed by atoms with Crippen molar-refractivity contribution in [2.24, 2.45) is 0 Å². The van der Waals surface area contributed by atoms with Crippen LogP contribution in [-0.4, -0.2) is 15.8 Å². The lowest BCUT2D eigenvalue weighted by molar-refractivity contribution is 0.101. The number of nitrogens with zero attached hydrogens (tertiary/aromatic N) is 1. The van der Waals surface area contributed by atoms with Gasteiger partial charge in [-0.05, 0) is 12.1 Å². The van der Waals surface area contributed by atoms with Crippen molar-refractivity contribution in [2.45, 2.75) is 6.92 Å². The van der Waals surface area contributed by atoms with Crippen LogP contribution in [0, 0.1) is 0 Å². The molecule has 0 saturated heterocycles. The van der Waals surface area contributed by atoms with Crippen molar-refractivity contribution < 1.29 is 4.79 Å². The van der Waals surface area contributed by atoms with Crippen molar-refractivity contribution in [1.29, 1.82) is 0 Å². The quantitative estimate of drug-likeness (QED) is 0.560. The zero-order valence-corrected chi connectivity index (χ0v) is 7.72. The molecule has 0 radical (unpaired) electrons. The first-order valence-corrected chi connectivity index (χ1v) is 4.21. The Morgan fingerprint density at radius 2 is 2.38 bits per heavy atom. The molecule has 0 bridgehead atoms. The number of aromatic nitrogens is 2. The predicted molar refractivity (Wildman–Crippen MR) is 51.1 cm³/mol. The number of nitrogens with one attached hydrogen (secondary N) is 1. The lowest BCUT2D eigenvalue weighted by atomic mass is 10.2. The van der Waals surface area contributed by atoms with Crippen molar-refractivity contribution in [3.05, 3.63) is 29.2 Å². The molecule has 0 saturated carbocycles. The molecule has 0 spiro atoms. The van der Waals surface area contributed by atoms with Crippen LogP contribution in [-0.2, 0) is 0 Å². The third-order valence-corrected chi connectivity index (χ3v) is 2.04. The van der Waals surface area contributed by atoms with Gasteiger partial charge in [-0.15, -0.1) is 0 Å². The summed E-state index contributed by atoms with van der Waals surface area (Å²) in [5, 5.41) is 1.25. The van der Waals surface area contributed by atoms with E-state index >= 15 is 0 Å². The summed E-state index contributed by atoms with van der Waals surface area (Å²) in [6.45, 7) is 1.47. The number of rotatable bonds is 1. The molecule has 3 nitrogen and oxygen atoms in total. The van der Waals surface area contributed by atoms with Gasteiger partial charge in [0.1, 0.15) is 10.8 Å². The van der Waals surface area contributed by atoms with Crippen LogP contribution in [0.3, 0.4) is 0 Å². The number of hydrogen-bond acceptors (Lipinski definition) is 2. The smallest absolute Gasteiger partial charge is 0.180 e. The Morgan fingerprint density at radius 3 is 3.08 bits per heavy atom. The normalized spacial score (nSPS) is 10.6. The van der Waals surface area contributed by atoms with Crippen molar-refractivity contribution in [3.63, 3.8) is 0 Å². The molecule has 4 heteroatoms. The minimum atomic E-state index is -0.0880. The lowest BCUT2D eigenvalue weighted by Gasteiger charge is -1.98. The minimum absolute atomic E-state index is 0.0880. The Balaban J connectivity index is 2.84. The second-order valence-corrected chi connectivity index (χ2v) is 3.18. The highest BCUT2D eigenvalue weighted by molar-refractivity contribution is 6.30. The largest absolute Gasteiger partial charge is 0.359 e. The minimum Gasteiger partial charge on any atom is -0.359 e. The molecule has 0 atom stereocenters. The number of carbonyl (C=O) groups is 1. The number of H-pyrrole nitrogens is 1. The lowest BCUT2D eigenvalue weighted by Crippen LogP contribution is -1.97. The number of pyridine rings is 1. The Morgan fingerprint density at radius 1 is 1.62 bits per heavy atom. The van der Waals surface area contributed by atoms with Gasteiger partial charge in [0.2, 0.25) is 0 Å². The Bertz CT molecular complexity index is 475. The summed E-state index contributed by atoms with van der Waals surface area (Å²) in [5.74, 6) is -0.0880. The van der Waals surface area contributed by atoms with Gasteiger partial charge in [0.15, 0.2) is 5.78 Å². The third kappa shape index (κ3) is 1.31. The van der Waals surface area contributed by atoms with Crippen LogP contribution in [0.2, 0.25) is 5.15 Å². The standard InChI is InChI=1S/C9H7ClN2O/c1-5(13)8-9-6(2-3-11-9)4-7(10)12-8/h2-4,11H,1H3. The van der Waals surface area contributed by atoms with Gasteiger partial charge in [-0.1, -0.05) is 11.6 Å². The maximum atomic E-state index is 11.2. The molecule has 2 heterocycles. The zero-order chi connectivity index (χ0) is 9.42. The maximum Gasteiger partial charge on any atom is 0.180 e. The summed E-state index contributed by atoms with van der Waals surface area (Å²) >= 11 is 5.75. The van der Waals surface area contributed by atoms with Crippen molar-refractivity contribution in [3.8, 4) is 0 Å². The summed E-state index contributed by atoms with van der Waals surface area (Å²) in [7, 11) is 0. The van der Waals surface area contributed by atoms with Gasteiger partial charge >= 0.3 is 0 Å². The molecule has 1 N–H and O–H groups in total. The fourth-order valence-corrected chi connectivity index (χ4v) is 1.49. The van der Waals surface area contributed by atoms with E-state index in [1.807, 2.05) is 6.07 Å². The Kier molecular flexibility index (Phi) is 1.81. The van der Waals surface area contributed by atoms with E-state index in [2.05, 4.69) is 9.97 Å². The van der Waals surface area contributed by atoms with Crippen LogP contribution in [0.4, 0.5) is 0 Å². The van der Waals surface area contributed by atoms with E-state index in [4.69, 9.17) is 11.6 Å². The predicted octanol–water partition coefficient (Wildman–Crippen LogP) is 2.42. The maximum absolute atomic E-state index is 11.2. The van der Waals surface area contributed by atoms with Gasteiger partial charge in [0.05, 0.1) is 5.52 Å². The highest BCUT2D eigenvalue weighted by Crippen LogP contribution is 2.19. The van der Waals surface area contributed by atoms with E-state index in [-0.39, 0.29) is 5.78 Å². The number of hydrogen-bond donors (Lipinski definition) is 1. The molecule has 2 aromatic heterocycles. The van der Waals surface area contributed by atoms with Crippen LogP contribution in [0.5, 0.6) is 0 Å². The highest BCUT2D eigenvalue weighted by Gasteiger charge is 2.09. The van der Waals surface area contributed by atoms with Gasteiger partial charge in [-0.25, -0.2) is 4.98 Å². The van der Waals surface area contributed by atoms with E-state index < -0.39 is 0 Å². The van der Waals surface area contributed by atoms with E-state index in [0.29, 0.717) is 10.8 Å². The summed E-state index contributed by atoms with van der Waals surface area (Å²) in [5.41, 5.74) is 1.14. The summed E-state index contributed by atoms with van der Waals surface area (Å²) in [6, 6.07) is 3.58. The number of ketones is 1. The van der Waals surface area contributed by atoms with Crippen LogP contribution < -0.4 is 0 Å². The molecule has 0 fully saturated rings. The molecule has 2 aromatic rings. The first-order chi connectivity index (χ1) is 6.18. The SMILES string of the molecule is CC(=O)c1nc(Cl)cc2cc[nH]c12. The zero-order valence-electron chi connectivity index (χ0n) is 6.97. The summed E-state index contributed by atoms with van der Waals surface area (Å²) in [4.78, 5) is 18.1. The summed E-state index contributed by atoms with van der Waals surface area (Å²) < 4.78 is 0. The molecule has 0 aromatic carbocycles. The number of carbonyl (C=O) groups excluding carboxylic acids is 1. The third-order valence-electron chi connectivity index (χ3n) is 1.84. The number of halogens is 1. The fourth-order valence-electron chi connectivity index (χ4n) is 1.28. The average Bonchev–Trinajstić information content (AvgIpc) is 2.49. The Labute approximate surface area is 79.7 Å². The van der Waals surface area contributed by atoms with Crippen LogP contribution in [0.1, 0.15) is 17.4 Å². The van der Waals surface area contributed by atoms with Gasteiger partial charge in [-0.2, -0.15) is 0 Å². The topological polar surface area (TPSA) is 45.8 Å². The van der Waals surface area contributed by atoms with Gasteiger partial charge in [0.25, 0.3) is 0 Å². The Hall–Kier alpha value is -1.35. The average molecular weight is 195 g/mol. The van der Waals surface area contributed by atoms with Crippen molar-refractivity contribution >= 4 is 28.3 Å². The monoisotopic (exact) mass is 194 g/mol. The van der Waals surface area contributed by atoms with Crippen molar-refractivity contribution in [2.75, 3.05) is 0 Å². The van der Waals surface area contributed by atoms with E-state index in [1.165, 1.54) is 6.92 Å². The number of aromatic amines is 1. The number of fused-ring (bicyclic) bond motifs is 1. The molecule has 66 valence electrons. The molecule has 0 aliphatic carbocycles. The molecule has 0 amide bonds. The second kappa shape index (κ2) is 2.85. The van der Waals surface area contributed by atoms with Crippen LogP contribution in [0.15, 0.2) is 18.3 Å². The highest BCUT2D eigenvalue weighted by atomic mass is 35.5. The molecule has 0 unspecified atom stereocenters. The molecule has 0 aliphatic rings. The molecule has 2 rings (SSSR count). The second-order valence-electron chi connectivity index (χ2n) is 2.79.